The fraction of sp³-hybridized carbons (Fsp3) is 0.100. The standard InChI is InChI=1S/C10H9FN4O/c1-16-10-7(11)4-6(5-14-10)9-13-3-2-8(12)15-9/h2-5H,1H3,(H2,12,13,15). The fourth-order valence-electron chi connectivity index (χ4n) is 1.21. The molecule has 0 aliphatic rings. The molecule has 82 valence electrons. The van der Waals surface area contributed by atoms with Gasteiger partial charge in [0.1, 0.15) is 5.82 Å². The summed E-state index contributed by atoms with van der Waals surface area (Å²) < 4.78 is 18.1. The second-order valence-electron chi connectivity index (χ2n) is 3.02. The summed E-state index contributed by atoms with van der Waals surface area (Å²) in [4.78, 5) is 11.7. The van der Waals surface area contributed by atoms with Gasteiger partial charge in [0.15, 0.2) is 11.6 Å². The topological polar surface area (TPSA) is 73.9 Å². The average Bonchev–Trinajstić information content (AvgIpc) is 2.29. The first-order valence-corrected chi connectivity index (χ1v) is 4.49. The van der Waals surface area contributed by atoms with Crippen LogP contribution in [-0.4, -0.2) is 22.1 Å². The quantitative estimate of drug-likeness (QED) is 0.824. The van der Waals surface area contributed by atoms with E-state index in [1.807, 2.05) is 0 Å². The molecule has 0 aliphatic heterocycles. The lowest BCUT2D eigenvalue weighted by molar-refractivity contribution is 0.369. The molecule has 0 saturated heterocycles. The van der Waals surface area contributed by atoms with Gasteiger partial charge in [-0.2, -0.15) is 0 Å². The number of rotatable bonds is 2. The molecule has 0 spiro atoms. The van der Waals surface area contributed by atoms with E-state index in [-0.39, 0.29) is 5.88 Å². The van der Waals surface area contributed by atoms with Crippen molar-refractivity contribution >= 4 is 5.82 Å². The second-order valence-corrected chi connectivity index (χ2v) is 3.02. The summed E-state index contributed by atoms with van der Waals surface area (Å²) in [6, 6.07) is 2.80. The van der Waals surface area contributed by atoms with Crippen LogP contribution >= 0.6 is 0 Å². The molecule has 0 amide bonds. The third-order valence-corrected chi connectivity index (χ3v) is 1.94. The molecule has 6 heteroatoms. The van der Waals surface area contributed by atoms with E-state index >= 15 is 0 Å². The second kappa shape index (κ2) is 4.09. The van der Waals surface area contributed by atoms with Gasteiger partial charge in [0.05, 0.1) is 7.11 Å². The van der Waals surface area contributed by atoms with Crippen LogP contribution in [0.4, 0.5) is 10.2 Å². The molecule has 0 unspecified atom stereocenters. The largest absolute Gasteiger partial charge is 0.479 e. The SMILES string of the molecule is COc1ncc(-c2nccc(N)n2)cc1F. The van der Waals surface area contributed by atoms with Crippen molar-refractivity contribution in [3.8, 4) is 17.3 Å². The Hall–Kier alpha value is -2.24. The first kappa shape index (κ1) is 10.3. The highest BCUT2D eigenvalue weighted by molar-refractivity contribution is 5.55. The van der Waals surface area contributed by atoms with Crippen LogP contribution in [0.3, 0.4) is 0 Å². The van der Waals surface area contributed by atoms with Crippen molar-refractivity contribution in [3.63, 3.8) is 0 Å². The van der Waals surface area contributed by atoms with E-state index in [0.29, 0.717) is 17.2 Å². The van der Waals surface area contributed by atoms with Crippen molar-refractivity contribution in [1.82, 2.24) is 15.0 Å². The molecule has 2 aromatic heterocycles. The molecule has 0 bridgehead atoms. The Morgan fingerprint density at radius 2 is 2.19 bits per heavy atom. The predicted molar refractivity (Wildman–Crippen MR) is 56.2 cm³/mol. The molecule has 5 nitrogen and oxygen atoms in total. The molecule has 16 heavy (non-hydrogen) atoms. The van der Waals surface area contributed by atoms with Crippen LogP contribution in [0.15, 0.2) is 24.5 Å². The van der Waals surface area contributed by atoms with Gasteiger partial charge >= 0.3 is 0 Å². The van der Waals surface area contributed by atoms with E-state index in [1.165, 1.54) is 25.6 Å². The van der Waals surface area contributed by atoms with Gasteiger partial charge in [0, 0.05) is 18.0 Å². The van der Waals surface area contributed by atoms with Crippen LogP contribution in [0.25, 0.3) is 11.4 Å². The first-order chi connectivity index (χ1) is 7.70. The van der Waals surface area contributed by atoms with Gasteiger partial charge in [0.25, 0.3) is 0 Å². The number of anilines is 1. The summed E-state index contributed by atoms with van der Waals surface area (Å²) >= 11 is 0. The number of methoxy groups -OCH3 is 1. The lowest BCUT2D eigenvalue weighted by Crippen LogP contribution is -1.97. The lowest BCUT2D eigenvalue weighted by Gasteiger charge is -2.03. The van der Waals surface area contributed by atoms with Crippen LogP contribution in [0.2, 0.25) is 0 Å². The van der Waals surface area contributed by atoms with Gasteiger partial charge in [-0.3, -0.25) is 0 Å². The monoisotopic (exact) mass is 220 g/mol. The lowest BCUT2D eigenvalue weighted by atomic mass is 10.2. The van der Waals surface area contributed by atoms with Crippen LogP contribution in [-0.2, 0) is 0 Å². The van der Waals surface area contributed by atoms with E-state index in [1.54, 1.807) is 6.07 Å². The number of hydrogen-bond acceptors (Lipinski definition) is 5. The molecule has 2 aromatic rings. The maximum absolute atomic E-state index is 13.4. The first-order valence-electron chi connectivity index (χ1n) is 4.49. The average molecular weight is 220 g/mol. The summed E-state index contributed by atoms with van der Waals surface area (Å²) in [7, 11) is 1.35. The fourth-order valence-corrected chi connectivity index (χ4v) is 1.21. The van der Waals surface area contributed by atoms with Gasteiger partial charge in [-0.05, 0) is 12.1 Å². The highest BCUT2D eigenvalue weighted by atomic mass is 19.1. The molecule has 2 N–H and O–H groups in total. The van der Waals surface area contributed by atoms with Crippen molar-refractivity contribution in [1.29, 1.82) is 0 Å². The van der Waals surface area contributed by atoms with Crippen molar-refractivity contribution in [3.05, 3.63) is 30.3 Å². The van der Waals surface area contributed by atoms with E-state index < -0.39 is 5.82 Å². The maximum atomic E-state index is 13.4. The summed E-state index contributed by atoms with van der Waals surface area (Å²) in [5.74, 6) is 0.0222. The van der Waals surface area contributed by atoms with E-state index in [0.717, 1.165) is 0 Å². The molecule has 2 rings (SSSR count). The van der Waals surface area contributed by atoms with Gasteiger partial charge in [0.2, 0.25) is 5.88 Å². The molecular formula is C10H9FN4O. The van der Waals surface area contributed by atoms with Crippen LogP contribution < -0.4 is 10.5 Å². The third-order valence-electron chi connectivity index (χ3n) is 1.94. The number of hydrogen-bond donors (Lipinski definition) is 1. The zero-order valence-electron chi connectivity index (χ0n) is 8.51. The Bertz CT molecular complexity index is 518. The number of ether oxygens (including phenoxy) is 1. The molecule has 2 heterocycles. The van der Waals surface area contributed by atoms with E-state index in [2.05, 4.69) is 15.0 Å². The minimum atomic E-state index is -0.564. The molecule has 0 aliphatic carbocycles. The van der Waals surface area contributed by atoms with Gasteiger partial charge in [-0.1, -0.05) is 0 Å². The number of halogens is 1. The highest BCUT2D eigenvalue weighted by Gasteiger charge is 2.08. The van der Waals surface area contributed by atoms with Crippen LogP contribution in [0.5, 0.6) is 5.88 Å². The predicted octanol–water partition coefficient (Wildman–Crippen LogP) is 1.27. The third kappa shape index (κ3) is 1.90. The molecule has 0 radical (unpaired) electrons. The Labute approximate surface area is 91.1 Å². The molecule has 0 fully saturated rings. The zero-order chi connectivity index (χ0) is 11.5. The number of pyridine rings is 1. The summed E-state index contributed by atoms with van der Waals surface area (Å²) in [5, 5.41) is 0. The Morgan fingerprint density at radius 1 is 1.38 bits per heavy atom. The maximum Gasteiger partial charge on any atom is 0.250 e. The van der Waals surface area contributed by atoms with Gasteiger partial charge in [-0.15, -0.1) is 0 Å². The number of nitrogen functional groups attached to an aromatic ring is 1. The van der Waals surface area contributed by atoms with Crippen LogP contribution in [0, 0.1) is 5.82 Å². The van der Waals surface area contributed by atoms with Crippen LogP contribution in [0.1, 0.15) is 0 Å². The smallest absolute Gasteiger partial charge is 0.250 e. The van der Waals surface area contributed by atoms with Crippen molar-refractivity contribution in [2.24, 2.45) is 0 Å². The van der Waals surface area contributed by atoms with Gasteiger partial charge in [-0.25, -0.2) is 19.3 Å². The number of nitrogens with zero attached hydrogens (tertiary/aromatic N) is 3. The Balaban J connectivity index is 2.45. The van der Waals surface area contributed by atoms with E-state index in [9.17, 15) is 4.39 Å². The molecule has 0 atom stereocenters. The summed E-state index contributed by atoms with van der Waals surface area (Å²) in [6.45, 7) is 0. The van der Waals surface area contributed by atoms with Gasteiger partial charge < -0.3 is 10.5 Å². The minimum absolute atomic E-state index is 0.0624. The van der Waals surface area contributed by atoms with Crippen molar-refractivity contribution < 1.29 is 9.13 Å². The molecule has 0 saturated carbocycles. The summed E-state index contributed by atoms with van der Waals surface area (Å²) in [5.41, 5.74) is 5.95. The van der Waals surface area contributed by atoms with Crippen molar-refractivity contribution in [2.75, 3.05) is 12.8 Å². The Morgan fingerprint density at radius 3 is 2.81 bits per heavy atom. The van der Waals surface area contributed by atoms with E-state index in [4.69, 9.17) is 10.5 Å². The summed E-state index contributed by atoms with van der Waals surface area (Å²) in [6.07, 6.45) is 2.93. The number of nitrogens with two attached hydrogens (primary N) is 1. The van der Waals surface area contributed by atoms with Crippen molar-refractivity contribution in [2.45, 2.75) is 0 Å². The minimum Gasteiger partial charge on any atom is -0.479 e. The molecule has 0 aromatic carbocycles. The highest BCUT2D eigenvalue weighted by Crippen LogP contribution is 2.20. The Kier molecular flexibility index (Phi) is 2.63. The molecular weight excluding hydrogens is 211 g/mol. The zero-order valence-corrected chi connectivity index (χ0v) is 8.51. The number of aromatic nitrogens is 3. The normalized spacial score (nSPS) is 10.1.